The number of likely N-dealkylation sites (tertiary alicyclic amines) is 1. The Bertz CT molecular complexity index is 1490. The summed E-state index contributed by atoms with van der Waals surface area (Å²) >= 11 is 6.06. The highest BCUT2D eigenvalue weighted by atomic mass is 35.5. The van der Waals surface area contributed by atoms with E-state index in [1.54, 1.807) is 6.07 Å². The van der Waals surface area contributed by atoms with Crippen molar-refractivity contribution < 1.29 is 40.2 Å². The molecule has 0 saturated carbocycles. The van der Waals surface area contributed by atoms with Crippen LogP contribution in [0.1, 0.15) is 47.9 Å². The van der Waals surface area contributed by atoms with Gasteiger partial charge >= 0.3 is 12.4 Å². The highest BCUT2D eigenvalue weighted by Gasteiger charge is 2.71. The highest BCUT2D eigenvalue weighted by Crippen LogP contribution is 2.50. The number of hydrogen-bond donors (Lipinski definition) is 4. The molecule has 3 aromatic rings. The molecule has 0 amide bonds. The van der Waals surface area contributed by atoms with Crippen LogP contribution in [0, 0.1) is 23.5 Å². The molecule has 3 aromatic carbocycles. The average Bonchev–Trinajstić information content (AvgIpc) is 3.02. The Morgan fingerprint density at radius 2 is 1.27 bits per heavy atom. The van der Waals surface area contributed by atoms with Crippen LogP contribution in [0.5, 0.6) is 0 Å². The van der Waals surface area contributed by atoms with Crippen LogP contribution < -0.4 is 16.8 Å². The second kappa shape index (κ2) is 15.6. The Balaban J connectivity index is 0.000000271. The van der Waals surface area contributed by atoms with Gasteiger partial charge in [-0.05, 0) is 117 Å². The third kappa shape index (κ3) is 9.31. The lowest BCUT2D eigenvalue weighted by molar-refractivity contribution is -0.376. The van der Waals surface area contributed by atoms with Crippen LogP contribution in [0.3, 0.4) is 0 Å². The summed E-state index contributed by atoms with van der Waals surface area (Å²) in [4.78, 5) is 2.05. The predicted molar refractivity (Wildman–Crippen MR) is 170 cm³/mol. The van der Waals surface area contributed by atoms with Gasteiger partial charge in [0, 0.05) is 17.1 Å². The van der Waals surface area contributed by atoms with Crippen LogP contribution in [-0.4, -0.2) is 48.5 Å². The van der Waals surface area contributed by atoms with Crippen molar-refractivity contribution in [2.24, 2.45) is 11.8 Å². The second-order valence-electron chi connectivity index (χ2n) is 12.5. The fraction of sp³-hybridized carbons (Fsp3) is 0.471. The average molecular weight is 707 g/mol. The maximum atomic E-state index is 13.6. The van der Waals surface area contributed by atoms with Crippen molar-refractivity contribution in [2.45, 2.75) is 63.0 Å². The molecule has 0 radical (unpaired) electrons. The molecular formula is C34H39ClF8N4O. The second-order valence-corrected chi connectivity index (χ2v) is 13.0. The molecule has 2 aliphatic rings. The lowest BCUT2D eigenvalue weighted by Crippen LogP contribution is -2.53. The van der Waals surface area contributed by atoms with Gasteiger partial charge in [-0.1, -0.05) is 41.9 Å². The first-order chi connectivity index (χ1) is 22.5. The quantitative estimate of drug-likeness (QED) is 0.149. The number of nitrogen functional groups attached to an aromatic ring is 2. The molecule has 0 bridgehead atoms. The number of anilines is 2. The van der Waals surface area contributed by atoms with E-state index in [1.165, 1.54) is 36.4 Å². The fourth-order valence-electron chi connectivity index (χ4n) is 6.13. The van der Waals surface area contributed by atoms with Gasteiger partial charge in [-0.3, -0.25) is 4.90 Å². The first-order valence-corrected chi connectivity index (χ1v) is 16.0. The third-order valence-corrected chi connectivity index (χ3v) is 9.38. The summed E-state index contributed by atoms with van der Waals surface area (Å²) in [5.74, 6) is 0.117. The number of nitrogens with one attached hydrogen (secondary N) is 1. The van der Waals surface area contributed by atoms with E-state index >= 15 is 0 Å². The number of nitrogens with zero attached hydrogens (tertiary/aromatic N) is 1. The SMILES string of the molecule is Nc1cc(Cl)c(CC2CCNCC2)cc1F.Nc1ccc(CC2CCN(Cc3ccc(C(O)(C(F)(F)F)C(F)(F)F)cc3)CC2)cc1F. The summed E-state index contributed by atoms with van der Waals surface area (Å²) < 4.78 is 105. The van der Waals surface area contributed by atoms with Crippen molar-refractivity contribution in [1.29, 1.82) is 0 Å². The molecule has 0 aromatic heterocycles. The molecule has 0 atom stereocenters. The molecule has 0 aliphatic carbocycles. The van der Waals surface area contributed by atoms with Crippen molar-refractivity contribution in [1.82, 2.24) is 10.2 Å². The first kappa shape index (κ1) is 37.7. The number of nitrogens with two attached hydrogens (primary N) is 2. The van der Waals surface area contributed by atoms with Gasteiger partial charge in [0.2, 0.25) is 0 Å². The van der Waals surface area contributed by atoms with E-state index in [0.717, 1.165) is 56.3 Å². The normalized spacial score (nSPS) is 17.2. The molecule has 2 aliphatic heterocycles. The molecule has 14 heteroatoms. The number of halogens is 9. The van der Waals surface area contributed by atoms with E-state index in [-0.39, 0.29) is 17.2 Å². The monoisotopic (exact) mass is 706 g/mol. The van der Waals surface area contributed by atoms with Crippen LogP contribution in [0.15, 0.2) is 54.6 Å². The molecule has 5 rings (SSSR count). The number of hydrogen-bond acceptors (Lipinski definition) is 5. The maximum absolute atomic E-state index is 13.6. The van der Waals surface area contributed by atoms with E-state index < -0.39 is 29.3 Å². The summed E-state index contributed by atoms with van der Waals surface area (Å²) in [5, 5.41) is 13.3. The van der Waals surface area contributed by atoms with Gasteiger partial charge in [-0.15, -0.1) is 0 Å². The van der Waals surface area contributed by atoms with Gasteiger partial charge in [0.15, 0.2) is 0 Å². The largest absolute Gasteiger partial charge is 0.430 e. The Labute approximate surface area is 279 Å². The van der Waals surface area contributed by atoms with Gasteiger partial charge in [-0.2, -0.15) is 26.3 Å². The maximum Gasteiger partial charge on any atom is 0.430 e. The predicted octanol–water partition coefficient (Wildman–Crippen LogP) is 7.78. The zero-order valence-electron chi connectivity index (χ0n) is 26.1. The fourth-order valence-corrected chi connectivity index (χ4v) is 6.38. The van der Waals surface area contributed by atoms with Gasteiger partial charge in [0.25, 0.3) is 5.60 Å². The minimum absolute atomic E-state index is 0.0958. The van der Waals surface area contributed by atoms with Crippen molar-refractivity contribution in [2.75, 3.05) is 37.6 Å². The van der Waals surface area contributed by atoms with E-state index in [0.29, 0.717) is 60.6 Å². The molecule has 2 heterocycles. The van der Waals surface area contributed by atoms with Crippen LogP contribution in [0.25, 0.3) is 0 Å². The summed E-state index contributed by atoms with van der Waals surface area (Å²) in [6.45, 7) is 3.83. The van der Waals surface area contributed by atoms with Crippen LogP contribution in [0.4, 0.5) is 46.5 Å². The zero-order valence-corrected chi connectivity index (χ0v) is 26.8. The number of aliphatic hydroxyl groups is 1. The Hall–Kier alpha value is -3.13. The Morgan fingerprint density at radius 3 is 1.83 bits per heavy atom. The highest BCUT2D eigenvalue weighted by molar-refractivity contribution is 6.31. The smallest absolute Gasteiger partial charge is 0.396 e. The molecule has 5 nitrogen and oxygen atoms in total. The van der Waals surface area contributed by atoms with E-state index in [4.69, 9.17) is 23.1 Å². The Kier molecular flexibility index (Phi) is 12.3. The van der Waals surface area contributed by atoms with Gasteiger partial charge < -0.3 is 21.9 Å². The van der Waals surface area contributed by atoms with E-state index in [1.807, 2.05) is 0 Å². The van der Waals surface area contributed by atoms with Gasteiger partial charge in [-0.25, -0.2) is 8.78 Å². The van der Waals surface area contributed by atoms with Gasteiger partial charge in [0.05, 0.1) is 11.4 Å². The summed E-state index contributed by atoms with van der Waals surface area (Å²) in [6.07, 6.45) is -6.35. The van der Waals surface area contributed by atoms with E-state index in [9.17, 15) is 40.2 Å². The van der Waals surface area contributed by atoms with Crippen LogP contribution >= 0.6 is 11.6 Å². The lowest BCUT2D eigenvalue weighted by Gasteiger charge is -2.33. The van der Waals surface area contributed by atoms with Crippen molar-refractivity contribution in [3.63, 3.8) is 0 Å². The zero-order chi connectivity index (χ0) is 35.3. The third-order valence-electron chi connectivity index (χ3n) is 9.03. The molecule has 264 valence electrons. The minimum atomic E-state index is -5.90. The molecule has 2 saturated heterocycles. The number of rotatable bonds is 7. The first-order valence-electron chi connectivity index (χ1n) is 15.6. The summed E-state index contributed by atoms with van der Waals surface area (Å²) in [5.41, 5.74) is 7.24. The van der Waals surface area contributed by atoms with Gasteiger partial charge in [0.1, 0.15) is 11.6 Å². The summed E-state index contributed by atoms with van der Waals surface area (Å²) in [7, 11) is 0. The van der Waals surface area contributed by atoms with Crippen molar-refractivity contribution >= 4 is 23.0 Å². The molecule has 0 unspecified atom stereocenters. The van der Waals surface area contributed by atoms with E-state index in [2.05, 4.69) is 10.2 Å². The topological polar surface area (TPSA) is 87.5 Å². The van der Waals surface area contributed by atoms with Crippen LogP contribution in [-0.2, 0) is 25.0 Å². The minimum Gasteiger partial charge on any atom is -0.396 e. The lowest BCUT2D eigenvalue weighted by atomic mass is 9.89. The molecule has 48 heavy (non-hydrogen) atoms. The molecule has 2 fully saturated rings. The number of benzene rings is 3. The van der Waals surface area contributed by atoms with Crippen molar-refractivity contribution in [3.05, 3.63) is 93.5 Å². The summed E-state index contributed by atoms with van der Waals surface area (Å²) in [6, 6.07) is 11.4. The Morgan fingerprint density at radius 1 is 0.729 bits per heavy atom. The number of piperidine rings is 2. The number of alkyl halides is 6. The van der Waals surface area contributed by atoms with Crippen molar-refractivity contribution in [3.8, 4) is 0 Å². The molecular weight excluding hydrogens is 668 g/mol. The standard InChI is InChI=1S/C22H23F7N2O.C12H16ClFN2/c23-18-12-16(3-6-19(18)30)11-14-7-9-31(10-8-14)13-15-1-4-17(5-2-15)20(32,21(24,25)26)22(27,28)29;13-10-7-12(15)11(14)6-9(10)5-8-1-3-16-4-2-8/h1-6,12,14,32H,7-11,13,30H2;6-8,16H,1-5,15H2. The van der Waals surface area contributed by atoms with Crippen LogP contribution in [0.2, 0.25) is 5.02 Å². The molecule has 6 N–H and O–H groups in total. The molecule has 0 spiro atoms.